The zero-order chi connectivity index (χ0) is 21.1. The molecule has 0 aliphatic rings. The Labute approximate surface area is 185 Å². The van der Waals surface area contributed by atoms with Crippen molar-refractivity contribution in [3.8, 4) is 22.8 Å². The molecule has 0 radical (unpaired) electrons. The summed E-state index contributed by atoms with van der Waals surface area (Å²) in [5.41, 5.74) is 3.13. The first kappa shape index (κ1) is 20.6. The van der Waals surface area contributed by atoms with Gasteiger partial charge in [-0.1, -0.05) is 11.6 Å². The van der Waals surface area contributed by atoms with Gasteiger partial charge in [0.2, 0.25) is 0 Å². The lowest BCUT2D eigenvalue weighted by Crippen LogP contribution is -1.96. The van der Waals surface area contributed by atoms with E-state index in [4.69, 9.17) is 26.1 Å². The maximum atomic E-state index is 6.46. The summed E-state index contributed by atoms with van der Waals surface area (Å²) < 4.78 is 10.9. The van der Waals surface area contributed by atoms with E-state index in [2.05, 4.69) is 24.0 Å². The smallest absolute Gasteiger partial charge is 0.122 e. The van der Waals surface area contributed by atoms with Crippen LogP contribution in [-0.2, 0) is 12.8 Å². The van der Waals surface area contributed by atoms with E-state index in [1.54, 1.807) is 25.6 Å². The monoisotopic (exact) mass is 438 g/mol. The third-order valence-corrected chi connectivity index (χ3v) is 6.54. The molecular weight excluding hydrogens is 416 g/mol. The van der Waals surface area contributed by atoms with E-state index in [1.807, 2.05) is 36.7 Å². The Kier molecular flexibility index (Phi) is 6.21. The van der Waals surface area contributed by atoms with Gasteiger partial charge in [0.1, 0.15) is 11.5 Å². The fourth-order valence-corrected chi connectivity index (χ4v) is 4.95. The van der Waals surface area contributed by atoms with Crippen molar-refractivity contribution in [2.45, 2.75) is 26.2 Å². The van der Waals surface area contributed by atoms with Gasteiger partial charge in [0.25, 0.3) is 0 Å². The van der Waals surface area contributed by atoms with Gasteiger partial charge >= 0.3 is 0 Å². The van der Waals surface area contributed by atoms with Gasteiger partial charge in [-0.3, -0.25) is 4.98 Å². The molecule has 0 atom stereocenters. The van der Waals surface area contributed by atoms with Crippen molar-refractivity contribution in [2.24, 2.45) is 0 Å². The van der Waals surface area contributed by atoms with Gasteiger partial charge in [-0.25, -0.2) is 4.98 Å². The number of hydrogen-bond acceptors (Lipinski definition) is 5. The Morgan fingerprint density at radius 2 is 1.90 bits per heavy atom. The van der Waals surface area contributed by atoms with Gasteiger partial charge in [-0.2, -0.15) is 0 Å². The first-order valence-corrected chi connectivity index (χ1v) is 11.0. The summed E-state index contributed by atoms with van der Waals surface area (Å²) >= 11 is 8.20. The summed E-state index contributed by atoms with van der Waals surface area (Å²) in [5, 5.41) is 4.11. The molecule has 0 N–H and O–H groups in total. The standard InChI is InChI=1S/C24H23ClN2O2S/c1-15-24(20-9-8-17(28-2)13-21(20)25)27-23(30-15)6-4-5-19-18-11-12-26-14-16(18)7-10-22(19)29-3/h7-14H,4-6H2,1-3H3. The van der Waals surface area contributed by atoms with Crippen LogP contribution in [0, 0.1) is 6.92 Å². The molecule has 4 aromatic rings. The molecule has 0 saturated heterocycles. The Balaban J connectivity index is 1.52. The summed E-state index contributed by atoms with van der Waals surface area (Å²) in [6, 6.07) is 11.9. The lowest BCUT2D eigenvalue weighted by Gasteiger charge is -2.11. The summed E-state index contributed by atoms with van der Waals surface area (Å²) in [5.74, 6) is 1.67. The number of benzene rings is 2. The highest BCUT2D eigenvalue weighted by molar-refractivity contribution is 7.12. The Morgan fingerprint density at radius 1 is 1.03 bits per heavy atom. The highest BCUT2D eigenvalue weighted by Gasteiger charge is 2.14. The number of aryl methyl sites for hydroxylation is 3. The fourth-order valence-electron chi connectivity index (χ4n) is 3.70. The van der Waals surface area contributed by atoms with Crippen LogP contribution in [0.1, 0.15) is 21.9 Å². The molecule has 2 aromatic carbocycles. The lowest BCUT2D eigenvalue weighted by atomic mass is 10.0. The maximum absolute atomic E-state index is 6.46. The molecule has 0 aliphatic carbocycles. The summed E-state index contributed by atoms with van der Waals surface area (Å²) in [6.07, 6.45) is 6.54. The number of aromatic nitrogens is 2. The van der Waals surface area contributed by atoms with E-state index in [0.717, 1.165) is 52.4 Å². The van der Waals surface area contributed by atoms with Crippen LogP contribution in [0.5, 0.6) is 11.5 Å². The van der Waals surface area contributed by atoms with Gasteiger partial charge < -0.3 is 9.47 Å². The van der Waals surface area contributed by atoms with Crippen LogP contribution in [0.2, 0.25) is 5.02 Å². The first-order valence-electron chi connectivity index (χ1n) is 9.80. The summed E-state index contributed by atoms with van der Waals surface area (Å²) in [7, 11) is 3.36. The molecule has 2 heterocycles. The van der Waals surface area contributed by atoms with Crippen molar-refractivity contribution >= 4 is 33.7 Å². The molecule has 0 spiro atoms. The second kappa shape index (κ2) is 9.02. The number of fused-ring (bicyclic) bond motifs is 1. The highest BCUT2D eigenvalue weighted by Crippen LogP contribution is 2.35. The van der Waals surface area contributed by atoms with Crippen LogP contribution in [-0.4, -0.2) is 24.2 Å². The van der Waals surface area contributed by atoms with E-state index in [0.29, 0.717) is 5.02 Å². The van der Waals surface area contributed by atoms with E-state index in [1.165, 1.54) is 15.8 Å². The highest BCUT2D eigenvalue weighted by atomic mass is 35.5. The van der Waals surface area contributed by atoms with Gasteiger partial charge in [-0.05, 0) is 68.0 Å². The molecule has 0 unspecified atom stereocenters. The van der Waals surface area contributed by atoms with Crippen molar-refractivity contribution in [2.75, 3.05) is 14.2 Å². The molecule has 0 fully saturated rings. The van der Waals surface area contributed by atoms with Gasteiger partial charge in [0.15, 0.2) is 0 Å². The number of rotatable bonds is 7. The molecule has 0 aliphatic heterocycles. The second-order valence-electron chi connectivity index (χ2n) is 7.05. The summed E-state index contributed by atoms with van der Waals surface area (Å²) in [6.45, 7) is 2.10. The molecule has 30 heavy (non-hydrogen) atoms. The fraction of sp³-hybridized carbons (Fsp3) is 0.250. The first-order chi connectivity index (χ1) is 14.6. The maximum Gasteiger partial charge on any atom is 0.122 e. The number of hydrogen-bond donors (Lipinski definition) is 0. The Bertz CT molecular complexity index is 1190. The molecule has 4 rings (SSSR count). The molecule has 6 heteroatoms. The average molecular weight is 439 g/mol. The SMILES string of the molecule is COc1ccc(-c2nc(CCCc3c(OC)ccc4cnccc34)sc2C)c(Cl)c1. The normalized spacial score (nSPS) is 11.1. The average Bonchev–Trinajstić information content (AvgIpc) is 3.13. The van der Waals surface area contributed by atoms with Crippen LogP contribution in [0.4, 0.5) is 0 Å². The minimum absolute atomic E-state index is 0.656. The van der Waals surface area contributed by atoms with Crippen molar-refractivity contribution in [1.29, 1.82) is 0 Å². The van der Waals surface area contributed by atoms with Crippen LogP contribution in [0.3, 0.4) is 0 Å². The predicted octanol–water partition coefficient (Wildman–Crippen LogP) is 6.51. The topological polar surface area (TPSA) is 44.2 Å². The minimum atomic E-state index is 0.656. The quantitative estimate of drug-likeness (QED) is 0.329. The van der Waals surface area contributed by atoms with Crippen molar-refractivity contribution < 1.29 is 9.47 Å². The van der Waals surface area contributed by atoms with E-state index in [9.17, 15) is 0 Å². The Morgan fingerprint density at radius 3 is 2.67 bits per heavy atom. The minimum Gasteiger partial charge on any atom is -0.497 e. The number of halogens is 1. The van der Waals surface area contributed by atoms with Gasteiger partial charge in [0, 0.05) is 33.8 Å². The van der Waals surface area contributed by atoms with Crippen LogP contribution in [0.15, 0.2) is 48.8 Å². The van der Waals surface area contributed by atoms with E-state index in [-0.39, 0.29) is 0 Å². The second-order valence-corrected chi connectivity index (χ2v) is 8.75. The lowest BCUT2D eigenvalue weighted by molar-refractivity contribution is 0.410. The molecular formula is C24H23ClN2O2S. The van der Waals surface area contributed by atoms with Crippen molar-refractivity contribution in [3.05, 3.63) is 69.3 Å². The van der Waals surface area contributed by atoms with E-state index >= 15 is 0 Å². The van der Waals surface area contributed by atoms with Crippen molar-refractivity contribution in [3.63, 3.8) is 0 Å². The molecule has 2 aromatic heterocycles. The number of ether oxygens (including phenoxy) is 2. The molecule has 0 bridgehead atoms. The largest absolute Gasteiger partial charge is 0.497 e. The van der Waals surface area contributed by atoms with Crippen LogP contribution < -0.4 is 9.47 Å². The zero-order valence-electron chi connectivity index (χ0n) is 17.2. The number of pyridine rings is 1. The molecule has 4 nitrogen and oxygen atoms in total. The predicted molar refractivity (Wildman–Crippen MR) is 124 cm³/mol. The third-order valence-electron chi connectivity index (χ3n) is 5.20. The van der Waals surface area contributed by atoms with E-state index < -0.39 is 0 Å². The third kappa shape index (κ3) is 4.13. The molecule has 0 saturated carbocycles. The number of methoxy groups -OCH3 is 2. The Hall–Kier alpha value is -2.63. The number of thiazole rings is 1. The number of nitrogens with zero attached hydrogens (tertiary/aromatic N) is 2. The van der Waals surface area contributed by atoms with Crippen LogP contribution >= 0.6 is 22.9 Å². The van der Waals surface area contributed by atoms with Gasteiger partial charge in [0.05, 0.1) is 29.9 Å². The zero-order valence-corrected chi connectivity index (χ0v) is 18.8. The van der Waals surface area contributed by atoms with Crippen molar-refractivity contribution in [1.82, 2.24) is 9.97 Å². The summed E-state index contributed by atoms with van der Waals surface area (Å²) in [4.78, 5) is 10.3. The van der Waals surface area contributed by atoms with Crippen LogP contribution in [0.25, 0.3) is 22.0 Å². The van der Waals surface area contributed by atoms with Gasteiger partial charge in [-0.15, -0.1) is 11.3 Å². The molecule has 0 amide bonds. The molecule has 154 valence electrons.